The fourth-order valence-electron chi connectivity index (χ4n) is 3.62. The van der Waals surface area contributed by atoms with E-state index in [1.54, 1.807) is 6.33 Å². The topological polar surface area (TPSA) is 58.6 Å². The minimum atomic E-state index is 0.0149. The van der Waals surface area contributed by atoms with Crippen LogP contribution in [0.3, 0.4) is 0 Å². The molecule has 0 saturated carbocycles. The number of aryl methyl sites for hydroxylation is 2. The first kappa shape index (κ1) is 19.9. The van der Waals surface area contributed by atoms with Crippen molar-refractivity contribution in [1.82, 2.24) is 14.9 Å². The summed E-state index contributed by atoms with van der Waals surface area (Å²) in [5, 5.41) is 0. The van der Waals surface area contributed by atoms with E-state index in [2.05, 4.69) is 40.0 Å². The Morgan fingerprint density at radius 1 is 0.967 bits per heavy atom. The summed E-state index contributed by atoms with van der Waals surface area (Å²) in [5.41, 5.74) is 4.23. The highest BCUT2D eigenvalue weighted by molar-refractivity contribution is 5.78. The monoisotopic (exact) mass is 402 g/mol. The van der Waals surface area contributed by atoms with E-state index in [1.807, 2.05) is 48.2 Å². The molecule has 2 heterocycles. The van der Waals surface area contributed by atoms with Crippen LogP contribution in [0.15, 0.2) is 60.9 Å². The predicted molar refractivity (Wildman–Crippen MR) is 118 cm³/mol. The molecule has 1 aliphatic rings. The Labute approximate surface area is 177 Å². The van der Waals surface area contributed by atoms with Crippen LogP contribution >= 0.6 is 0 Å². The van der Waals surface area contributed by atoms with Crippen molar-refractivity contribution in [3.05, 3.63) is 72.1 Å². The summed E-state index contributed by atoms with van der Waals surface area (Å²) >= 11 is 0. The average molecular weight is 402 g/mol. The molecule has 30 heavy (non-hydrogen) atoms. The summed E-state index contributed by atoms with van der Waals surface area (Å²) in [6.45, 7) is 6.89. The first-order valence-corrected chi connectivity index (χ1v) is 10.2. The Balaban J connectivity index is 1.35. The number of hydrogen-bond donors (Lipinski definition) is 0. The van der Waals surface area contributed by atoms with Crippen molar-refractivity contribution >= 4 is 11.7 Å². The largest absolute Gasteiger partial charge is 0.484 e. The van der Waals surface area contributed by atoms with Crippen molar-refractivity contribution in [1.29, 1.82) is 0 Å². The van der Waals surface area contributed by atoms with Gasteiger partial charge in [0.1, 0.15) is 17.9 Å². The predicted octanol–water partition coefficient (Wildman–Crippen LogP) is 3.49. The summed E-state index contributed by atoms with van der Waals surface area (Å²) in [4.78, 5) is 25.5. The maximum absolute atomic E-state index is 12.6. The molecule has 0 bridgehead atoms. The standard InChI is InChI=1S/C24H26N4O2/c1-18-6-5-8-20(14-18)21-15-23(26-17-25-21)27-10-12-28(13-11-27)24(29)16-30-22-9-4-3-7-19(22)2/h3-9,14-15,17H,10-13,16H2,1-2H3. The van der Waals surface area contributed by atoms with Gasteiger partial charge < -0.3 is 14.5 Å². The third kappa shape index (κ3) is 4.59. The minimum Gasteiger partial charge on any atom is -0.484 e. The normalized spacial score (nSPS) is 13.9. The van der Waals surface area contributed by atoms with Crippen molar-refractivity contribution < 1.29 is 9.53 Å². The molecule has 154 valence electrons. The van der Waals surface area contributed by atoms with E-state index in [0.717, 1.165) is 41.5 Å². The lowest BCUT2D eigenvalue weighted by Gasteiger charge is -2.35. The van der Waals surface area contributed by atoms with E-state index < -0.39 is 0 Å². The van der Waals surface area contributed by atoms with Gasteiger partial charge in [-0.05, 0) is 31.5 Å². The van der Waals surface area contributed by atoms with Crippen molar-refractivity contribution in [2.24, 2.45) is 0 Å². The van der Waals surface area contributed by atoms with Gasteiger partial charge in [0, 0.05) is 37.8 Å². The number of aromatic nitrogens is 2. The summed E-state index contributed by atoms with van der Waals surface area (Å²) in [6.07, 6.45) is 1.61. The first-order valence-electron chi connectivity index (χ1n) is 10.2. The lowest BCUT2D eigenvalue weighted by molar-refractivity contribution is -0.133. The quantitative estimate of drug-likeness (QED) is 0.654. The summed E-state index contributed by atoms with van der Waals surface area (Å²) < 4.78 is 5.71. The average Bonchev–Trinajstić information content (AvgIpc) is 2.78. The van der Waals surface area contributed by atoms with Crippen LogP contribution in [0.25, 0.3) is 11.3 Å². The van der Waals surface area contributed by atoms with E-state index in [1.165, 1.54) is 5.56 Å². The molecule has 0 N–H and O–H groups in total. The molecule has 0 atom stereocenters. The number of carbonyl (C=O) groups is 1. The number of carbonyl (C=O) groups excluding carboxylic acids is 1. The van der Waals surface area contributed by atoms with Crippen LogP contribution < -0.4 is 9.64 Å². The molecule has 3 aromatic rings. The van der Waals surface area contributed by atoms with Crippen molar-refractivity contribution in [2.75, 3.05) is 37.7 Å². The van der Waals surface area contributed by atoms with Crippen LogP contribution in [0.2, 0.25) is 0 Å². The molecule has 0 unspecified atom stereocenters. The molecule has 4 rings (SSSR count). The second-order valence-electron chi connectivity index (χ2n) is 7.55. The third-order valence-corrected chi connectivity index (χ3v) is 5.37. The molecular formula is C24H26N4O2. The van der Waals surface area contributed by atoms with E-state index in [9.17, 15) is 4.79 Å². The van der Waals surface area contributed by atoms with Gasteiger partial charge in [-0.2, -0.15) is 0 Å². The zero-order chi connectivity index (χ0) is 20.9. The fraction of sp³-hybridized carbons (Fsp3) is 0.292. The van der Waals surface area contributed by atoms with Gasteiger partial charge >= 0.3 is 0 Å². The van der Waals surface area contributed by atoms with Gasteiger partial charge in [0.2, 0.25) is 0 Å². The Hall–Kier alpha value is -3.41. The Bertz CT molecular complexity index is 1030. The van der Waals surface area contributed by atoms with E-state index in [4.69, 9.17) is 4.74 Å². The number of hydrogen-bond acceptors (Lipinski definition) is 5. The van der Waals surface area contributed by atoms with Gasteiger partial charge in [0.15, 0.2) is 6.61 Å². The molecule has 6 nitrogen and oxygen atoms in total. The molecule has 1 aliphatic heterocycles. The first-order chi connectivity index (χ1) is 14.6. The highest BCUT2D eigenvalue weighted by Gasteiger charge is 2.22. The second kappa shape index (κ2) is 8.95. The zero-order valence-corrected chi connectivity index (χ0v) is 17.4. The fourth-order valence-corrected chi connectivity index (χ4v) is 3.62. The van der Waals surface area contributed by atoms with Crippen molar-refractivity contribution in [3.8, 4) is 17.0 Å². The summed E-state index contributed by atoms with van der Waals surface area (Å²) in [5.74, 6) is 1.67. The Morgan fingerprint density at radius 3 is 2.53 bits per heavy atom. The molecule has 0 radical (unpaired) electrons. The van der Waals surface area contributed by atoms with Crippen LogP contribution in [0.4, 0.5) is 5.82 Å². The van der Waals surface area contributed by atoms with E-state index in [-0.39, 0.29) is 12.5 Å². The highest BCUT2D eigenvalue weighted by Crippen LogP contribution is 2.22. The number of amides is 1. The van der Waals surface area contributed by atoms with Gasteiger partial charge in [-0.15, -0.1) is 0 Å². The zero-order valence-electron chi connectivity index (χ0n) is 17.4. The number of ether oxygens (including phenoxy) is 1. The number of para-hydroxylation sites is 1. The number of rotatable bonds is 5. The molecule has 1 fully saturated rings. The van der Waals surface area contributed by atoms with Crippen molar-refractivity contribution in [2.45, 2.75) is 13.8 Å². The van der Waals surface area contributed by atoms with Gasteiger partial charge in [0.25, 0.3) is 5.91 Å². The number of benzene rings is 2. The number of piperazine rings is 1. The second-order valence-corrected chi connectivity index (χ2v) is 7.55. The molecular weight excluding hydrogens is 376 g/mol. The molecule has 1 saturated heterocycles. The van der Waals surface area contributed by atoms with E-state index in [0.29, 0.717) is 13.1 Å². The number of anilines is 1. The molecule has 1 amide bonds. The molecule has 0 aliphatic carbocycles. The molecule has 6 heteroatoms. The van der Waals surface area contributed by atoms with Crippen LogP contribution in [-0.2, 0) is 4.79 Å². The Kier molecular flexibility index (Phi) is 5.93. The van der Waals surface area contributed by atoms with Gasteiger partial charge in [-0.25, -0.2) is 9.97 Å². The molecule has 2 aromatic carbocycles. The molecule has 0 spiro atoms. The third-order valence-electron chi connectivity index (χ3n) is 5.37. The SMILES string of the molecule is Cc1cccc(-c2cc(N3CCN(C(=O)COc4ccccc4C)CC3)ncn2)c1. The number of nitrogens with zero attached hydrogens (tertiary/aromatic N) is 4. The van der Waals surface area contributed by atoms with Gasteiger partial charge in [-0.1, -0.05) is 42.0 Å². The summed E-state index contributed by atoms with van der Waals surface area (Å²) in [6, 6.07) is 18.1. The van der Waals surface area contributed by atoms with Crippen LogP contribution in [0, 0.1) is 13.8 Å². The van der Waals surface area contributed by atoms with Crippen LogP contribution in [0.1, 0.15) is 11.1 Å². The minimum absolute atomic E-state index is 0.0149. The smallest absolute Gasteiger partial charge is 0.260 e. The molecule has 1 aromatic heterocycles. The highest BCUT2D eigenvalue weighted by atomic mass is 16.5. The maximum atomic E-state index is 12.6. The van der Waals surface area contributed by atoms with Gasteiger partial charge in [-0.3, -0.25) is 4.79 Å². The van der Waals surface area contributed by atoms with Crippen LogP contribution in [0.5, 0.6) is 5.75 Å². The Morgan fingerprint density at radius 2 is 1.77 bits per heavy atom. The van der Waals surface area contributed by atoms with Crippen LogP contribution in [-0.4, -0.2) is 53.6 Å². The maximum Gasteiger partial charge on any atom is 0.260 e. The lowest BCUT2D eigenvalue weighted by atomic mass is 10.1. The van der Waals surface area contributed by atoms with Gasteiger partial charge in [0.05, 0.1) is 5.69 Å². The summed E-state index contributed by atoms with van der Waals surface area (Å²) in [7, 11) is 0. The lowest BCUT2D eigenvalue weighted by Crippen LogP contribution is -2.50. The van der Waals surface area contributed by atoms with Crippen molar-refractivity contribution in [3.63, 3.8) is 0 Å². The van der Waals surface area contributed by atoms with E-state index >= 15 is 0 Å².